The molecule has 6 nitrogen and oxygen atoms in total. The zero-order valence-electron chi connectivity index (χ0n) is 20.8. The standard InChI is InChI=1S/C29H38N2O4/c1-28(2,30-17-26(34)23-10-24(32)12-25(33)11-23)13-18-4-3-5-22(9-18)27(35)31-29-14-19-6-20(15-29)8-21(7-19)16-29/h3-5,9-12,19-21,26,30,32-34H,6-8,13-17H2,1-2H3,(H,31,35). The predicted octanol–water partition coefficient (Wildman–Crippen LogP) is 4.44. The summed E-state index contributed by atoms with van der Waals surface area (Å²) in [5, 5.41) is 36.7. The molecule has 2 aromatic rings. The van der Waals surface area contributed by atoms with Gasteiger partial charge in [0.05, 0.1) is 6.10 Å². The minimum Gasteiger partial charge on any atom is -0.508 e. The van der Waals surface area contributed by atoms with E-state index in [0.717, 1.165) is 42.6 Å². The van der Waals surface area contributed by atoms with Crippen LogP contribution in [0.25, 0.3) is 0 Å². The third-order valence-corrected chi connectivity index (χ3v) is 8.34. The van der Waals surface area contributed by atoms with Gasteiger partial charge in [-0.3, -0.25) is 4.79 Å². The van der Waals surface area contributed by atoms with Crippen LogP contribution in [0.15, 0.2) is 42.5 Å². The zero-order chi connectivity index (χ0) is 24.8. The van der Waals surface area contributed by atoms with E-state index in [1.165, 1.54) is 37.5 Å². The Bertz CT molecular complexity index is 1040. The summed E-state index contributed by atoms with van der Waals surface area (Å²) in [5.41, 5.74) is 1.89. The number of aliphatic hydroxyl groups excluding tert-OH is 1. The summed E-state index contributed by atoms with van der Waals surface area (Å²) in [6, 6.07) is 12.0. The van der Waals surface area contributed by atoms with Crippen molar-refractivity contribution in [1.29, 1.82) is 0 Å². The van der Waals surface area contributed by atoms with Gasteiger partial charge in [-0.1, -0.05) is 12.1 Å². The first kappa shape index (κ1) is 24.1. The topological polar surface area (TPSA) is 102 Å². The molecule has 4 saturated carbocycles. The number of β-amino-alcohol motifs (C(OH)–C–C–N with tert-alkyl or cyclic N) is 1. The van der Waals surface area contributed by atoms with Gasteiger partial charge in [0.1, 0.15) is 11.5 Å². The SMILES string of the molecule is CC(C)(Cc1cccc(C(=O)NC23CC4CC(CC(C4)C2)C3)c1)NCC(O)c1cc(O)cc(O)c1. The van der Waals surface area contributed by atoms with E-state index in [0.29, 0.717) is 17.5 Å². The lowest BCUT2D eigenvalue weighted by atomic mass is 9.53. The van der Waals surface area contributed by atoms with Crippen molar-refractivity contribution in [2.75, 3.05) is 6.54 Å². The van der Waals surface area contributed by atoms with E-state index in [-0.39, 0.29) is 35.0 Å². The molecule has 1 amide bonds. The molecule has 4 bridgehead atoms. The van der Waals surface area contributed by atoms with Crippen LogP contribution in [0.4, 0.5) is 0 Å². The van der Waals surface area contributed by atoms with Crippen LogP contribution in [0.5, 0.6) is 11.5 Å². The number of amides is 1. The predicted molar refractivity (Wildman–Crippen MR) is 135 cm³/mol. The first-order valence-corrected chi connectivity index (χ1v) is 13.0. The highest BCUT2D eigenvalue weighted by Crippen LogP contribution is 2.55. The molecule has 1 atom stereocenters. The Labute approximate surface area is 207 Å². The fourth-order valence-electron chi connectivity index (χ4n) is 7.27. The van der Waals surface area contributed by atoms with Crippen molar-refractivity contribution in [3.8, 4) is 11.5 Å². The van der Waals surface area contributed by atoms with E-state index in [9.17, 15) is 20.1 Å². The zero-order valence-corrected chi connectivity index (χ0v) is 20.8. The number of carbonyl (C=O) groups is 1. The Morgan fingerprint density at radius 3 is 2.20 bits per heavy atom. The average molecular weight is 479 g/mol. The molecule has 0 saturated heterocycles. The van der Waals surface area contributed by atoms with E-state index in [2.05, 4.69) is 24.5 Å². The maximum absolute atomic E-state index is 13.3. The monoisotopic (exact) mass is 478 g/mol. The maximum atomic E-state index is 13.3. The van der Waals surface area contributed by atoms with Gasteiger partial charge in [-0.15, -0.1) is 0 Å². The van der Waals surface area contributed by atoms with Crippen molar-refractivity contribution in [3.05, 3.63) is 59.2 Å². The molecule has 6 rings (SSSR count). The number of carbonyl (C=O) groups excluding carboxylic acids is 1. The first-order valence-electron chi connectivity index (χ1n) is 13.0. The lowest BCUT2D eigenvalue weighted by molar-refractivity contribution is -0.0167. The van der Waals surface area contributed by atoms with Crippen LogP contribution in [-0.2, 0) is 6.42 Å². The van der Waals surface area contributed by atoms with Crippen LogP contribution in [0.1, 0.15) is 80.0 Å². The molecule has 1 unspecified atom stereocenters. The van der Waals surface area contributed by atoms with Crippen molar-refractivity contribution >= 4 is 5.91 Å². The van der Waals surface area contributed by atoms with Gasteiger partial charge >= 0.3 is 0 Å². The van der Waals surface area contributed by atoms with Crippen molar-refractivity contribution in [2.45, 2.75) is 76.0 Å². The molecule has 0 spiro atoms. The molecule has 0 heterocycles. The number of benzene rings is 2. The molecule has 4 fully saturated rings. The molecule has 2 aromatic carbocycles. The number of hydrogen-bond acceptors (Lipinski definition) is 5. The summed E-state index contributed by atoms with van der Waals surface area (Å²) < 4.78 is 0. The number of phenols is 2. The minimum atomic E-state index is -0.871. The van der Waals surface area contributed by atoms with Crippen molar-refractivity contribution in [3.63, 3.8) is 0 Å². The van der Waals surface area contributed by atoms with Crippen LogP contribution in [0.2, 0.25) is 0 Å². The molecule has 4 aliphatic carbocycles. The van der Waals surface area contributed by atoms with Gasteiger partial charge in [0, 0.05) is 29.3 Å². The largest absolute Gasteiger partial charge is 0.508 e. The molecular weight excluding hydrogens is 440 g/mol. The van der Waals surface area contributed by atoms with E-state index in [1.54, 1.807) is 0 Å². The van der Waals surface area contributed by atoms with Crippen LogP contribution in [-0.4, -0.2) is 38.8 Å². The van der Waals surface area contributed by atoms with Crippen molar-refractivity contribution in [1.82, 2.24) is 10.6 Å². The lowest BCUT2D eigenvalue weighted by Gasteiger charge is -2.56. The fraction of sp³-hybridized carbons (Fsp3) is 0.552. The molecule has 0 radical (unpaired) electrons. The van der Waals surface area contributed by atoms with Gasteiger partial charge in [-0.25, -0.2) is 0 Å². The lowest BCUT2D eigenvalue weighted by Crippen LogP contribution is -2.59. The van der Waals surface area contributed by atoms with Gasteiger partial charge in [0.15, 0.2) is 0 Å². The van der Waals surface area contributed by atoms with Crippen molar-refractivity contribution < 1.29 is 20.1 Å². The van der Waals surface area contributed by atoms with Crippen LogP contribution >= 0.6 is 0 Å². The number of rotatable bonds is 8. The highest BCUT2D eigenvalue weighted by molar-refractivity contribution is 5.95. The Morgan fingerprint density at radius 1 is 1.00 bits per heavy atom. The number of hydrogen-bond donors (Lipinski definition) is 5. The van der Waals surface area contributed by atoms with Gasteiger partial charge in [-0.2, -0.15) is 0 Å². The maximum Gasteiger partial charge on any atom is 0.251 e. The highest BCUT2D eigenvalue weighted by Gasteiger charge is 2.51. The Morgan fingerprint density at radius 2 is 1.60 bits per heavy atom. The molecule has 35 heavy (non-hydrogen) atoms. The molecule has 4 aliphatic rings. The molecule has 0 aromatic heterocycles. The quantitative estimate of drug-likeness (QED) is 0.386. The van der Waals surface area contributed by atoms with Gasteiger partial charge < -0.3 is 26.0 Å². The summed E-state index contributed by atoms with van der Waals surface area (Å²) in [5.74, 6) is 2.25. The summed E-state index contributed by atoms with van der Waals surface area (Å²) in [7, 11) is 0. The van der Waals surface area contributed by atoms with Crippen LogP contribution in [0, 0.1) is 17.8 Å². The van der Waals surface area contributed by atoms with E-state index < -0.39 is 6.10 Å². The number of aromatic hydroxyl groups is 2. The minimum absolute atomic E-state index is 0.000883. The Balaban J connectivity index is 1.20. The molecule has 0 aliphatic heterocycles. The second-order valence-corrected chi connectivity index (χ2v) is 12.1. The van der Waals surface area contributed by atoms with Gasteiger partial charge in [0.25, 0.3) is 5.91 Å². The third-order valence-electron chi connectivity index (χ3n) is 8.34. The molecule has 6 heteroatoms. The third kappa shape index (κ3) is 5.49. The first-order chi connectivity index (χ1) is 16.6. The smallest absolute Gasteiger partial charge is 0.251 e. The Kier molecular flexibility index (Phi) is 6.30. The Hall–Kier alpha value is -2.57. The second kappa shape index (κ2) is 9.14. The summed E-state index contributed by atoms with van der Waals surface area (Å²) >= 11 is 0. The molecular formula is C29H38N2O4. The van der Waals surface area contributed by atoms with E-state index in [4.69, 9.17) is 0 Å². The highest BCUT2D eigenvalue weighted by atomic mass is 16.3. The average Bonchev–Trinajstić information content (AvgIpc) is 2.75. The molecule has 188 valence electrons. The van der Waals surface area contributed by atoms with Crippen LogP contribution < -0.4 is 10.6 Å². The van der Waals surface area contributed by atoms with Gasteiger partial charge in [-0.05, 0) is 112 Å². The van der Waals surface area contributed by atoms with Crippen molar-refractivity contribution in [2.24, 2.45) is 17.8 Å². The normalized spacial score (nSPS) is 28.1. The van der Waals surface area contributed by atoms with E-state index in [1.807, 2.05) is 24.3 Å². The number of nitrogens with one attached hydrogen (secondary N) is 2. The summed E-state index contributed by atoms with van der Waals surface area (Å²) in [6.07, 6.45) is 7.30. The van der Waals surface area contributed by atoms with E-state index >= 15 is 0 Å². The fourth-order valence-corrected chi connectivity index (χ4v) is 7.27. The number of aliphatic hydroxyl groups is 1. The van der Waals surface area contributed by atoms with Gasteiger partial charge in [0.2, 0.25) is 0 Å². The molecule has 5 N–H and O–H groups in total. The van der Waals surface area contributed by atoms with Crippen LogP contribution in [0.3, 0.4) is 0 Å². The second-order valence-electron chi connectivity index (χ2n) is 12.1. The summed E-state index contributed by atoms with van der Waals surface area (Å²) in [6.45, 7) is 4.38. The number of phenolic OH excluding ortho intramolecular Hbond substituents is 2. The summed E-state index contributed by atoms with van der Waals surface area (Å²) in [4.78, 5) is 13.3.